The Hall–Kier alpha value is -1.30. The third-order valence-corrected chi connectivity index (χ3v) is 1.32. The van der Waals surface area contributed by atoms with Crippen LogP contribution < -0.4 is 0 Å². The second-order valence-electron chi connectivity index (χ2n) is 2.24. The summed E-state index contributed by atoms with van der Waals surface area (Å²) >= 11 is 0. The van der Waals surface area contributed by atoms with Crippen LogP contribution in [-0.2, 0) is 6.54 Å². The average Bonchev–Trinajstić information content (AvgIpc) is 2.13. The van der Waals surface area contributed by atoms with Crippen molar-refractivity contribution in [1.82, 2.24) is 9.78 Å². The molecule has 3 heteroatoms. The van der Waals surface area contributed by atoms with Gasteiger partial charge in [-0.3, -0.25) is 4.68 Å². The molecule has 0 aliphatic carbocycles. The van der Waals surface area contributed by atoms with Crippen LogP contribution in [0.5, 0.6) is 0 Å². The summed E-state index contributed by atoms with van der Waals surface area (Å²) in [4.78, 5) is 0. The van der Waals surface area contributed by atoms with Crippen LogP contribution in [0, 0.1) is 25.2 Å². The number of nitriles is 1. The van der Waals surface area contributed by atoms with Gasteiger partial charge in [-0.25, -0.2) is 0 Å². The van der Waals surface area contributed by atoms with Crippen LogP contribution in [0.25, 0.3) is 0 Å². The van der Waals surface area contributed by atoms with E-state index in [9.17, 15) is 0 Å². The molecule has 0 radical (unpaired) electrons. The summed E-state index contributed by atoms with van der Waals surface area (Å²) in [7, 11) is 0. The van der Waals surface area contributed by atoms with E-state index in [-0.39, 0.29) is 0 Å². The zero-order valence-electron chi connectivity index (χ0n) is 6.13. The zero-order valence-corrected chi connectivity index (χ0v) is 6.13. The smallest absolute Gasteiger partial charge is 0.128 e. The third kappa shape index (κ3) is 1.16. The number of hydrogen-bond donors (Lipinski definition) is 0. The Bertz CT molecular complexity index is 267. The van der Waals surface area contributed by atoms with E-state index in [1.165, 1.54) is 0 Å². The van der Waals surface area contributed by atoms with Crippen molar-refractivity contribution in [3.05, 3.63) is 17.5 Å². The first-order valence-electron chi connectivity index (χ1n) is 3.12. The minimum atomic E-state index is 0.347. The Kier molecular flexibility index (Phi) is 1.72. The summed E-state index contributed by atoms with van der Waals surface area (Å²) in [6.07, 6.45) is 0. The lowest BCUT2D eigenvalue weighted by molar-refractivity contribution is 0.679. The van der Waals surface area contributed by atoms with Crippen LogP contribution in [-0.4, -0.2) is 9.78 Å². The molecule has 3 nitrogen and oxygen atoms in total. The molecule has 0 amide bonds. The van der Waals surface area contributed by atoms with Gasteiger partial charge >= 0.3 is 0 Å². The highest BCUT2D eigenvalue weighted by molar-refractivity contribution is 5.07. The van der Waals surface area contributed by atoms with Crippen molar-refractivity contribution in [1.29, 1.82) is 5.26 Å². The Labute approximate surface area is 59.9 Å². The van der Waals surface area contributed by atoms with Gasteiger partial charge in [-0.2, -0.15) is 10.4 Å². The molecule has 0 aliphatic rings. The minimum absolute atomic E-state index is 0.347. The number of nitrogens with zero attached hydrogens (tertiary/aromatic N) is 3. The molecule has 1 aromatic heterocycles. The van der Waals surface area contributed by atoms with Crippen molar-refractivity contribution in [2.45, 2.75) is 20.4 Å². The minimum Gasteiger partial charge on any atom is -0.255 e. The van der Waals surface area contributed by atoms with Crippen molar-refractivity contribution in [2.24, 2.45) is 0 Å². The van der Waals surface area contributed by atoms with Crippen LogP contribution in [0.1, 0.15) is 11.4 Å². The molecule has 52 valence electrons. The van der Waals surface area contributed by atoms with E-state index in [1.54, 1.807) is 4.68 Å². The number of hydrogen-bond acceptors (Lipinski definition) is 2. The van der Waals surface area contributed by atoms with Gasteiger partial charge in [-0.15, -0.1) is 0 Å². The van der Waals surface area contributed by atoms with Crippen LogP contribution in [0.15, 0.2) is 6.07 Å². The molecule has 0 atom stereocenters. The van der Waals surface area contributed by atoms with Gasteiger partial charge in [0.05, 0.1) is 11.8 Å². The molecule has 0 saturated heterocycles. The predicted molar refractivity (Wildman–Crippen MR) is 37.3 cm³/mol. The van der Waals surface area contributed by atoms with E-state index in [0.717, 1.165) is 11.4 Å². The fraction of sp³-hybridized carbons (Fsp3) is 0.429. The van der Waals surface area contributed by atoms with Crippen molar-refractivity contribution in [3.63, 3.8) is 0 Å². The predicted octanol–water partition coefficient (Wildman–Crippen LogP) is 1.02. The number of rotatable bonds is 1. The van der Waals surface area contributed by atoms with Gasteiger partial charge in [-0.1, -0.05) is 0 Å². The lowest BCUT2D eigenvalue weighted by atomic mass is 10.4. The molecule has 0 unspecified atom stereocenters. The molecule has 0 spiro atoms. The summed E-state index contributed by atoms with van der Waals surface area (Å²) in [5.74, 6) is 0. The first kappa shape index (κ1) is 6.81. The van der Waals surface area contributed by atoms with Gasteiger partial charge in [0.15, 0.2) is 0 Å². The molecular formula is C7H9N3. The van der Waals surface area contributed by atoms with Crippen LogP contribution in [0.2, 0.25) is 0 Å². The van der Waals surface area contributed by atoms with Crippen molar-refractivity contribution in [3.8, 4) is 6.07 Å². The van der Waals surface area contributed by atoms with E-state index in [1.807, 2.05) is 26.0 Å². The molecule has 0 N–H and O–H groups in total. The Morgan fingerprint density at radius 1 is 1.70 bits per heavy atom. The molecule has 1 rings (SSSR count). The van der Waals surface area contributed by atoms with Gasteiger partial charge in [0.1, 0.15) is 6.54 Å². The molecule has 1 heterocycles. The Morgan fingerprint density at radius 2 is 2.40 bits per heavy atom. The second kappa shape index (κ2) is 2.53. The van der Waals surface area contributed by atoms with Crippen molar-refractivity contribution >= 4 is 0 Å². The molecule has 0 aliphatic heterocycles. The van der Waals surface area contributed by atoms with E-state index >= 15 is 0 Å². The lowest BCUT2D eigenvalue weighted by Gasteiger charge is -1.93. The molecule has 1 aromatic rings. The fourth-order valence-electron chi connectivity index (χ4n) is 0.902. The van der Waals surface area contributed by atoms with Gasteiger partial charge in [0, 0.05) is 5.69 Å². The van der Waals surface area contributed by atoms with E-state index in [0.29, 0.717) is 6.54 Å². The van der Waals surface area contributed by atoms with Gasteiger partial charge in [0.25, 0.3) is 0 Å². The van der Waals surface area contributed by atoms with Crippen molar-refractivity contribution in [2.75, 3.05) is 0 Å². The largest absolute Gasteiger partial charge is 0.255 e. The highest BCUT2D eigenvalue weighted by atomic mass is 15.3. The van der Waals surface area contributed by atoms with Crippen molar-refractivity contribution < 1.29 is 0 Å². The third-order valence-electron chi connectivity index (χ3n) is 1.32. The number of aryl methyl sites for hydroxylation is 2. The summed E-state index contributed by atoms with van der Waals surface area (Å²) in [6, 6.07) is 3.99. The SMILES string of the molecule is Cc1cc(C)n(CC#N)n1. The van der Waals surface area contributed by atoms with E-state index in [2.05, 4.69) is 5.10 Å². The van der Waals surface area contributed by atoms with Gasteiger partial charge in [-0.05, 0) is 19.9 Å². The standard InChI is InChI=1S/C7H9N3/c1-6-5-7(2)10(9-6)4-3-8/h5H,4H2,1-2H3. The Morgan fingerprint density at radius 3 is 2.80 bits per heavy atom. The first-order chi connectivity index (χ1) is 4.74. The molecule has 0 bridgehead atoms. The normalized spacial score (nSPS) is 9.30. The zero-order chi connectivity index (χ0) is 7.56. The maximum atomic E-state index is 8.34. The van der Waals surface area contributed by atoms with Crippen LogP contribution in [0.4, 0.5) is 0 Å². The monoisotopic (exact) mass is 135 g/mol. The van der Waals surface area contributed by atoms with E-state index < -0.39 is 0 Å². The quantitative estimate of drug-likeness (QED) is 0.577. The number of aromatic nitrogens is 2. The highest BCUT2D eigenvalue weighted by Crippen LogP contribution is 1.99. The lowest BCUT2D eigenvalue weighted by Crippen LogP contribution is -1.99. The maximum Gasteiger partial charge on any atom is 0.128 e. The van der Waals surface area contributed by atoms with Gasteiger partial charge in [0.2, 0.25) is 0 Å². The maximum absolute atomic E-state index is 8.34. The highest BCUT2D eigenvalue weighted by Gasteiger charge is 1.97. The van der Waals surface area contributed by atoms with Crippen LogP contribution in [0.3, 0.4) is 0 Å². The summed E-state index contributed by atoms with van der Waals surface area (Å²) in [5.41, 5.74) is 2.01. The van der Waals surface area contributed by atoms with Gasteiger partial charge < -0.3 is 0 Å². The summed E-state index contributed by atoms with van der Waals surface area (Å²) in [6.45, 7) is 4.21. The molecule has 0 aromatic carbocycles. The topological polar surface area (TPSA) is 41.6 Å². The molecule has 10 heavy (non-hydrogen) atoms. The van der Waals surface area contributed by atoms with E-state index in [4.69, 9.17) is 5.26 Å². The summed E-state index contributed by atoms with van der Waals surface area (Å²) in [5, 5.41) is 12.4. The second-order valence-corrected chi connectivity index (χ2v) is 2.24. The average molecular weight is 135 g/mol. The Balaban J connectivity index is 2.94. The first-order valence-corrected chi connectivity index (χ1v) is 3.12. The fourth-order valence-corrected chi connectivity index (χ4v) is 0.902. The molecule has 0 saturated carbocycles. The summed E-state index contributed by atoms with van der Waals surface area (Å²) < 4.78 is 1.69. The molecular weight excluding hydrogens is 126 g/mol. The van der Waals surface area contributed by atoms with Crippen LogP contribution >= 0.6 is 0 Å². The molecule has 0 fully saturated rings.